The van der Waals surface area contributed by atoms with Crippen molar-refractivity contribution in [3.05, 3.63) is 64.7 Å². The number of primary amides is 1. The van der Waals surface area contributed by atoms with Gasteiger partial charge in [-0.2, -0.15) is 0 Å². The van der Waals surface area contributed by atoms with Gasteiger partial charge in [-0.05, 0) is 42.5 Å². The molecule has 0 aromatic heterocycles. The number of amides is 2. The van der Waals surface area contributed by atoms with E-state index in [0.717, 1.165) is 0 Å². The minimum Gasteiger partial charge on any atom is -0.366 e. The molecule has 9 heteroatoms. The lowest BCUT2D eigenvalue weighted by atomic mass is 10.1. The van der Waals surface area contributed by atoms with E-state index in [-0.39, 0.29) is 18.0 Å². The first-order valence-electron chi connectivity index (χ1n) is 7.23. The van der Waals surface area contributed by atoms with E-state index < -0.39 is 21.8 Å². The number of nitrogens with one attached hydrogen (secondary N) is 2. The zero-order valence-electron chi connectivity index (χ0n) is 13.0. The van der Waals surface area contributed by atoms with Crippen LogP contribution in [0.5, 0.6) is 0 Å². The molecule has 0 unspecified atom stereocenters. The highest BCUT2D eigenvalue weighted by Gasteiger charge is 2.14. The normalized spacial score (nSPS) is 11.1. The molecule has 0 radical (unpaired) electrons. The van der Waals surface area contributed by atoms with Gasteiger partial charge in [0.1, 0.15) is 0 Å². The molecular formula is C16H16ClN3O4S. The summed E-state index contributed by atoms with van der Waals surface area (Å²) < 4.78 is 26.5. The lowest BCUT2D eigenvalue weighted by Crippen LogP contribution is -2.34. The molecule has 0 heterocycles. The fourth-order valence-corrected chi connectivity index (χ4v) is 3.30. The summed E-state index contributed by atoms with van der Waals surface area (Å²) in [6, 6.07) is 11.7. The Morgan fingerprint density at radius 2 is 1.64 bits per heavy atom. The molecule has 25 heavy (non-hydrogen) atoms. The minimum absolute atomic E-state index is 0.0138. The summed E-state index contributed by atoms with van der Waals surface area (Å²) in [6.45, 7) is 0.107. The third-order valence-electron chi connectivity index (χ3n) is 3.24. The Morgan fingerprint density at radius 3 is 2.24 bits per heavy atom. The zero-order valence-corrected chi connectivity index (χ0v) is 14.6. The van der Waals surface area contributed by atoms with Crippen molar-refractivity contribution < 1.29 is 18.0 Å². The number of benzene rings is 2. The van der Waals surface area contributed by atoms with Gasteiger partial charge in [0.05, 0.1) is 4.90 Å². The smallest absolute Gasteiger partial charge is 0.251 e. The van der Waals surface area contributed by atoms with Crippen LogP contribution >= 0.6 is 11.6 Å². The molecule has 4 N–H and O–H groups in total. The maximum absolute atomic E-state index is 12.1. The largest absolute Gasteiger partial charge is 0.366 e. The third kappa shape index (κ3) is 5.28. The maximum atomic E-state index is 12.1. The fraction of sp³-hybridized carbons (Fsp3) is 0.125. The summed E-state index contributed by atoms with van der Waals surface area (Å²) >= 11 is 5.77. The van der Waals surface area contributed by atoms with Crippen LogP contribution in [0.15, 0.2) is 53.4 Å². The van der Waals surface area contributed by atoms with Crippen LogP contribution in [0, 0.1) is 0 Å². The Morgan fingerprint density at radius 1 is 1.00 bits per heavy atom. The number of carbonyl (C=O) groups excluding carboxylic acids is 2. The Balaban J connectivity index is 1.86. The van der Waals surface area contributed by atoms with Crippen molar-refractivity contribution >= 4 is 33.4 Å². The molecule has 0 spiro atoms. The Bertz CT molecular complexity index is 883. The highest BCUT2D eigenvalue weighted by molar-refractivity contribution is 7.89. The van der Waals surface area contributed by atoms with Gasteiger partial charge in [0.2, 0.25) is 15.9 Å². The Kier molecular flexibility index (Phi) is 6.13. The van der Waals surface area contributed by atoms with E-state index in [9.17, 15) is 18.0 Å². The standard InChI is InChI=1S/C16H16ClN3O4S/c17-13-2-1-3-14(10-13)25(23,24)20-9-8-19-16(22)12-6-4-11(5-7-12)15(18)21/h1-7,10,20H,8-9H2,(H2,18,21)(H,19,22). The van der Waals surface area contributed by atoms with Gasteiger partial charge < -0.3 is 11.1 Å². The number of hydrogen-bond donors (Lipinski definition) is 3. The maximum Gasteiger partial charge on any atom is 0.251 e. The number of carbonyl (C=O) groups is 2. The first kappa shape index (κ1) is 18.9. The molecule has 0 atom stereocenters. The van der Waals surface area contributed by atoms with Gasteiger partial charge in [0.15, 0.2) is 0 Å². The van der Waals surface area contributed by atoms with Crippen LogP contribution in [0.1, 0.15) is 20.7 Å². The second kappa shape index (κ2) is 8.11. The van der Waals surface area contributed by atoms with E-state index in [1.165, 1.54) is 42.5 Å². The molecule has 0 saturated carbocycles. The zero-order chi connectivity index (χ0) is 18.4. The minimum atomic E-state index is -3.70. The van der Waals surface area contributed by atoms with E-state index in [1.54, 1.807) is 6.07 Å². The van der Waals surface area contributed by atoms with Crippen LogP contribution in [-0.2, 0) is 10.0 Å². The second-order valence-corrected chi connectivity index (χ2v) is 7.26. The van der Waals surface area contributed by atoms with Crippen LogP contribution in [0.4, 0.5) is 0 Å². The van der Waals surface area contributed by atoms with Crippen LogP contribution in [0.25, 0.3) is 0 Å². The predicted molar refractivity (Wildman–Crippen MR) is 93.9 cm³/mol. The van der Waals surface area contributed by atoms with Gasteiger partial charge in [-0.15, -0.1) is 0 Å². The molecule has 0 saturated heterocycles. The van der Waals surface area contributed by atoms with Gasteiger partial charge in [-0.1, -0.05) is 17.7 Å². The summed E-state index contributed by atoms with van der Waals surface area (Å²) in [4.78, 5) is 23.0. The van der Waals surface area contributed by atoms with E-state index in [4.69, 9.17) is 17.3 Å². The molecule has 2 amide bonds. The molecule has 2 rings (SSSR count). The number of sulfonamides is 1. The number of halogens is 1. The summed E-state index contributed by atoms with van der Waals surface area (Å²) in [7, 11) is -3.70. The molecule has 2 aromatic rings. The molecule has 0 aliphatic rings. The quantitative estimate of drug-likeness (QED) is 0.623. The van der Waals surface area contributed by atoms with E-state index >= 15 is 0 Å². The van der Waals surface area contributed by atoms with Crippen molar-refractivity contribution in [2.24, 2.45) is 5.73 Å². The van der Waals surface area contributed by atoms with Gasteiger partial charge in [0.25, 0.3) is 5.91 Å². The molecule has 0 bridgehead atoms. The predicted octanol–water partition coefficient (Wildman–Crippen LogP) is 1.15. The van der Waals surface area contributed by atoms with Crippen molar-refractivity contribution in [2.75, 3.05) is 13.1 Å². The first-order chi connectivity index (χ1) is 11.8. The summed E-state index contributed by atoms with van der Waals surface area (Å²) in [6.07, 6.45) is 0. The van der Waals surface area contributed by atoms with E-state index in [1.807, 2.05) is 0 Å². The third-order valence-corrected chi connectivity index (χ3v) is 4.93. The average Bonchev–Trinajstić information content (AvgIpc) is 2.58. The number of rotatable bonds is 7. The number of hydrogen-bond acceptors (Lipinski definition) is 4. The van der Waals surface area contributed by atoms with Gasteiger partial charge in [-0.25, -0.2) is 13.1 Å². The van der Waals surface area contributed by atoms with Gasteiger partial charge >= 0.3 is 0 Å². The molecule has 0 aliphatic heterocycles. The van der Waals surface area contributed by atoms with Gasteiger partial charge in [0, 0.05) is 29.2 Å². The monoisotopic (exact) mass is 381 g/mol. The lowest BCUT2D eigenvalue weighted by Gasteiger charge is -2.08. The SMILES string of the molecule is NC(=O)c1ccc(C(=O)NCCNS(=O)(=O)c2cccc(Cl)c2)cc1. The van der Waals surface area contributed by atoms with Crippen molar-refractivity contribution in [1.29, 1.82) is 0 Å². The summed E-state index contributed by atoms with van der Waals surface area (Å²) in [5.41, 5.74) is 5.76. The molecule has 0 fully saturated rings. The Hall–Kier alpha value is -2.42. The molecule has 0 aliphatic carbocycles. The number of nitrogens with two attached hydrogens (primary N) is 1. The highest BCUT2D eigenvalue weighted by atomic mass is 35.5. The summed E-state index contributed by atoms with van der Waals surface area (Å²) in [5.74, 6) is -0.972. The van der Waals surface area contributed by atoms with Crippen LogP contribution in [0.2, 0.25) is 5.02 Å². The second-order valence-electron chi connectivity index (χ2n) is 5.05. The molecule has 132 valence electrons. The summed E-state index contributed by atoms with van der Waals surface area (Å²) in [5, 5.41) is 2.89. The lowest BCUT2D eigenvalue weighted by molar-refractivity contribution is 0.0951. The van der Waals surface area contributed by atoms with Crippen LogP contribution < -0.4 is 15.8 Å². The van der Waals surface area contributed by atoms with E-state index in [2.05, 4.69) is 10.0 Å². The molecule has 2 aromatic carbocycles. The van der Waals surface area contributed by atoms with Crippen molar-refractivity contribution in [3.63, 3.8) is 0 Å². The first-order valence-corrected chi connectivity index (χ1v) is 9.09. The average molecular weight is 382 g/mol. The molecule has 7 nitrogen and oxygen atoms in total. The molecular weight excluding hydrogens is 366 g/mol. The van der Waals surface area contributed by atoms with Gasteiger partial charge in [-0.3, -0.25) is 9.59 Å². The van der Waals surface area contributed by atoms with E-state index in [0.29, 0.717) is 16.1 Å². The van der Waals surface area contributed by atoms with Crippen molar-refractivity contribution in [3.8, 4) is 0 Å². The van der Waals surface area contributed by atoms with Crippen LogP contribution in [0.3, 0.4) is 0 Å². The van der Waals surface area contributed by atoms with Crippen molar-refractivity contribution in [1.82, 2.24) is 10.0 Å². The fourth-order valence-electron chi connectivity index (χ4n) is 1.97. The topological polar surface area (TPSA) is 118 Å². The highest BCUT2D eigenvalue weighted by Crippen LogP contribution is 2.14. The van der Waals surface area contributed by atoms with Crippen molar-refractivity contribution in [2.45, 2.75) is 4.90 Å². The van der Waals surface area contributed by atoms with Crippen LogP contribution in [-0.4, -0.2) is 33.3 Å². The Labute approximate surface area is 150 Å².